The van der Waals surface area contributed by atoms with Crippen LogP contribution in [0.5, 0.6) is 0 Å². The molecule has 35 heavy (non-hydrogen) atoms. The first-order valence-corrected chi connectivity index (χ1v) is 11.6. The molecule has 0 bridgehead atoms. The Morgan fingerprint density at radius 2 is 1.66 bits per heavy atom. The highest BCUT2D eigenvalue weighted by atomic mass is 19.4. The number of nitrogens with zero attached hydrogens (tertiary/aromatic N) is 3. The topological polar surface area (TPSA) is 59.1 Å². The number of carbonyl (C=O) groups is 1. The number of carboxylic acid groups (broad SMARTS) is 1. The molecule has 12 heteroatoms. The lowest BCUT2D eigenvalue weighted by Gasteiger charge is -2.37. The van der Waals surface area contributed by atoms with Crippen LogP contribution in [0.15, 0.2) is 18.2 Å². The van der Waals surface area contributed by atoms with E-state index in [4.69, 9.17) is 0 Å². The van der Waals surface area contributed by atoms with E-state index in [1.807, 2.05) is 32.2 Å². The van der Waals surface area contributed by atoms with E-state index in [1.54, 1.807) is 4.90 Å². The molecule has 1 aromatic rings. The molecule has 3 heterocycles. The summed E-state index contributed by atoms with van der Waals surface area (Å²) in [6.07, 6.45) is -11.1. The van der Waals surface area contributed by atoms with Gasteiger partial charge < -0.3 is 20.2 Å². The second kappa shape index (κ2) is 9.44. The number of likely N-dealkylation sites (N-methyl/N-ethyl adjacent to an activating group) is 1. The summed E-state index contributed by atoms with van der Waals surface area (Å²) >= 11 is 0. The number of alkyl halides is 6. The standard InChI is InChI=1S/C23H30F6N4O2/c1-13-4-3-5-14(19(13)33-8-6-31(2)7-9-33)10-32-11-15-16(12-32)18(21(34)35)30-17(15)20(22(24,25)26)23(27,28)29/h3-5,15-18,20,30H,6-12H2,1-2H3,(H,34,35). The van der Waals surface area contributed by atoms with Gasteiger partial charge in [0.05, 0.1) is 0 Å². The number of aliphatic carboxylic acids is 1. The third-order valence-electron chi connectivity index (χ3n) is 7.61. The zero-order valence-electron chi connectivity index (χ0n) is 19.5. The van der Waals surface area contributed by atoms with Crippen molar-refractivity contribution in [2.45, 2.75) is 37.9 Å². The Bertz CT molecular complexity index is 918. The smallest absolute Gasteiger partial charge is 0.402 e. The minimum absolute atomic E-state index is 0.0368. The molecule has 0 aromatic heterocycles. The van der Waals surface area contributed by atoms with Crippen LogP contribution in [0.4, 0.5) is 32.0 Å². The largest absolute Gasteiger partial charge is 0.480 e. The Morgan fingerprint density at radius 1 is 1.06 bits per heavy atom. The summed E-state index contributed by atoms with van der Waals surface area (Å²) < 4.78 is 81.0. The fourth-order valence-electron chi connectivity index (χ4n) is 6.02. The summed E-state index contributed by atoms with van der Waals surface area (Å²) in [4.78, 5) is 18.0. The van der Waals surface area contributed by atoms with Crippen molar-refractivity contribution in [1.29, 1.82) is 0 Å². The second-order valence-corrected chi connectivity index (χ2v) is 9.96. The third-order valence-corrected chi connectivity index (χ3v) is 7.61. The highest BCUT2D eigenvalue weighted by Gasteiger charge is 2.66. The van der Waals surface area contributed by atoms with Crippen molar-refractivity contribution >= 4 is 11.7 Å². The summed E-state index contributed by atoms with van der Waals surface area (Å²) in [5.41, 5.74) is 3.02. The first-order valence-electron chi connectivity index (χ1n) is 11.6. The average Bonchev–Trinajstić information content (AvgIpc) is 3.27. The molecule has 3 aliphatic heterocycles. The summed E-state index contributed by atoms with van der Waals surface area (Å²) in [6, 6.07) is 2.29. The van der Waals surface area contributed by atoms with Crippen LogP contribution in [0.25, 0.3) is 0 Å². The summed E-state index contributed by atoms with van der Waals surface area (Å²) in [6.45, 7) is 5.77. The van der Waals surface area contributed by atoms with Crippen molar-refractivity contribution in [3.63, 3.8) is 0 Å². The van der Waals surface area contributed by atoms with Gasteiger partial charge in [-0.3, -0.25) is 9.69 Å². The number of halogens is 6. The van der Waals surface area contributed by atoms with Crippen LogP contribution < -0.4 is 10.2 Å². The lowest BCUT2D eigenvalue weighted by molar-refractivity contribution is -0.293. The molecule has 196 valence electrons. The van der Waals surface area contributed by atoms with Gasteiger partial charge in [0.15, 0.2) is 5.92 Å². The number of aryl methyl sites for hydroxylation is 1. The van der Waals surface area contributed by atoms with Gasteiger partial charge in [0.1, 0.15) is 6.04 Å². The van der Waals surface area contributed by atoms with Gasteiger partial charge in [-0.25, -0.2) is 0 Å². The van der Waals surface area contributed by atoms with E-state index in [0.29, 0.717) is 6.54 Å². The molecule has 6 nitrogen and oxygen atoms in total. The zero-order chi connectivity index (χ0) is 25.7. The third kappa shape index (κ3) is 5.24. The quantitative estimate of drug-likeness (QED) is 0.597. The van der Waals surface area contributed by atoms with E-state index in [0.717, 1.165) is 43.0 Å². The van der Waals surface area contributed by atoms with E-state index in [-0.39, 0.29) is 13.1 Å². The molecule has 4 unspecified atom stereocenters. The molecule has 1 aromatic carbocycles. The fourth-order valence-corrected chi connectivity index (χ4v) is 6.02. The molecule has 0 amide bonds. The highest BCUT2D eigenvalue weighted by molar-refractivity contribution is 5.74. The lowest BCUT2D eigenvalue weighted by Crippen LogP contribution is -2.53. The maximum Gasteiger partial charge on any atom is 0.402 e. The second-order valence-electron chi connectivity index (χ2n) is 9.96. The van der Waals surface area contributed by atoms with Crippen LogP contribution in [0, 0.1) is 24.7 Å². The monoisotopic (exact) mass is 508 g/mol. The van der Waals surface area contributed by atoms with Crippen LogP contribution in [0.1, 0.15) is 11.1 Å². The fraction of sp³-hybridized carbons (Fsp3) is 0.696. The predicted octanol–water partition coefficient (Wildman–Crippen LogP) is 2.96. The maximum absolute atomic E-state index is 13.5. The summed E-state index contributed by atoms with van der Waals surface area (Å²) in [5.74, 6) is -6.98. The number of anilines is 1. The zero-order valence-corrected chi connectivity index (χ0v) is 19.5. The molecule has 4 atom stereocenters. The van der Waals surface area contributed by atoms with E-state index in [2.05, 4.69) is 15.1 Å². The van der Waals surface area contributed by atoms with Crippen molar-refractivity contribution < 1.29 is 36.2 Å². The van der Waals surface area contributed by atoms with E-state index in [9.17, 15) is 36.2 Å². The molecule has 0 saturated carbocycles. The molecule has 4 rings (SSSR count). The number of carboxylic acids is 1. The number of benzene rings is 1. The molecule has 3 fully saturated rings. The number of nitrogens with one attached hydrogen (secondary N) is 1. The maximum atomic E-state index is 13.5. The normalized spacial score (nSPS) is 28.7. The Hall–Kier alpha value is -2.05. The minimum atomic E-state index is -5.54. The predicted molar refractivity (Wildman–Crippen MR) is 117 cm³/mol. The Labute approximate surface area is 199 Å². The van der Waals surface area contributed by atoms with Gasteiger partial charge in [-0.15, -0.1) is 0 Å². The number of fused-ring (bicyclic) bond motifs is 1. The Kier molecular flexibility index (Phi) is 7.02. The summed E-state index contributed by atoms with van der Waals surface area (Å²) in [5, 5.41) is 11.7. The highest BCUT2D eigenvalue weighted by Crippen LogP contribution is 2.48. The Balaban J connectivity index is 1.58. The molecule has 3 saturated heterocycles. The van der Waals surface area contributed by atoms with Crippen LogP contribution in [-0.2, 0) is 11.3 Å². The van der Waals surface area contributed by atoms with Gasteiger partial charge in [-0.2, -0.15) is 26.3 Å². The molecular formula is C23H30F6N4O2. The SMILES string of the molecule is Cc1cccc(CN2CC3C(C(=O)O)NC(C(C(F)(F)F)C(F)(F)F)C3C2)c1N1CCN(C)CC1. The van der Waals surface area contributed by atoms with Gasteiger partial charge in [-0.05, 0) is 31.0 Å². The van der Waals surface area contributed by atoms with Crippen LogP contribution >= 0.6 is 0 Å². The van der Waals surface area contributed by atoms with Gasteiger partial charge in [0, 0.05) is 63.5 Å². The van der Waals surface area contributed by atoms with Gasteiger partial charge in [0.25, 0.3) is 0 Å². The number of hydrogen-bond donors (Lipinski definition) is 2. The van der Waals surface area contributed by atoms with Crippen molar-refractivity contribution in [1.82, 2.24) is 15.1 Å². The van der Waals surface area contributed by atoms with Gasteiger partial charge >= 0.3 is 18.3 Å². The van der Waals surface area contributed by atoms with Crippen molar-refractivity contribution in [3.05, 3.63) is 29.3 Å². The number of rotatable bonds is 5. The van der Waals surface area contributed by atoms with Crippen molar-refractivity contribution in [2.24, 2.45) is 17.8 Å². The van der Waals surface area contributed by atoms with Crippen molar-refractivity contribution in [3.8, 4) is 0 Å². The van der Waals surface area contributed by atoms with Crippen LogP contribution in [-0.4, -0.2) is 91.6 Å². The molecule has 2 N–H and O–H groups in total. The molecule has 3 aliphatic rings. The Morgan fingerprint density at radius 3 is 2.23 bits per heavy atom. The van der Waals surface area contributed by atoms with E-state index < -0.39 is 48.2 Å². The minimum Gasteiger partial charge on any atom is -0.480 e. The number of piperazine rings is 1. The number of likely N-dealkylation sites (tertiary alicyclic amines) is 1. The van der Waals surface area contributed by atoms with E-state index in [1.165, 1.54) is 0 Å². The van der Waals surface area contributed by atoms with Crippen LogP contribution in [0.3, 0.4) is 0 Å². The van der Waals surface area contributed by atoms with E-state index >= 15 is 0 Å². The first kappa shape index (κ1) is 26.0. The first-order chi connectivity index (χ1) is 16.3. The number of para-hydroxylation sites is 1. The summed E-state index contributed by atoms with van der Waals surface area (Å²) in [7, 11) is 2.04. The van der Waals surface area contributed by atoms with Crippen LogP contribution in [0.2, 0.25) is 0 Å². The number of hydrogen-bond acceptors (Lipinski definition) is 5. The molecule has 0 spiro atoms. The molecular weight excluding hydrogens is 478 g/mol. The molecule has 0 radical (unpaired) electrons. The van der Waals surface area contributed by atoms with Gasteiger partial charge in [-0.1, -0.05) is 18.2 Å². The van der Waals surface area contributed by atoms with Crippen molar-refractivity contribution in [2.75, 3.05) is 51.2 Å². The van der Waals surface area contributed by atoms with Gasteiger partial charge in [0.2, 0.25) is 0 Å². The lowest BCUT2D eigenvalue weighted by atomic mass is 9.84. The molecule has 0 aliphatic carbocycles. The average molecular weight is 509 g/mol.